The zero-order valence-corrected chi connectivity index (χ0v) is 23.9. The number of fused-ring (bicyclic) bond motifs is 6. The highest BCUT2D eigenvalue weighted by Crippen LogP contribution is 2.57. The van der Waals surface area contributed by atoms with E-state index >= 15 is 0 Å². The van der Waals surface area contributed by atoms with Crippen LogP contribution in [0.15, 0.2) is 95.9 Å². The second-order valence-corrected chi connectivity index (χ2v) is 12.9. The number of hydrogen-bond acceptors (Lipinski definition) is 11. The third kappa shape index (κ3) is 4.94. The van der Waals surface area contributed by atoms with E-state index in [-0.39, 0.29) is 11.5 Å². The topological polar surface area (TPSA) is 88.1 Å². The second kappa shape index (κ2) is 11.2. The minimum atomic E-state index is -1.30. The van der Waals surface area contributed by atoms with Gasteiger partial charge in [-0.3, -0.25) is 0 Å². The Hall–Kier alpha value is -3.51. The lowest BCUT2D eigenvalue weighted by molar-refractivity contribution is 0.0224. The van der Waals surface area contributed by atoms with Crippen molar-refractivity contribution in [2.24, 2.45) is 0 Å². The summed E-state index contributed by atoms with van der Waals surface area (Å²) in [7, 11) is 4.50. The maximum Gasteiger partial charge on any atom is 0.383 e. The standard InChI is InChI=1S/C29H18O7S4/c1-37-39-27(31)33-17-11-13-22-24(15-17)35-25-16-18(34-28(32)40-38-19-7-3-2-4-8-19)12-14-23(25)29(22)21-10-6-5-9-20(21)26(30)36-29/h2-16H,1H3. The lowest BCUT2D eigenvalue weighted by Gasteiger charge is -2.36. The Morgan fingerprint density at radius 1 is 0.725 bits per heavy atom. The fourth-order valence-corrected chi connectivity index (χ4v) is 6.88. The monoisotopic (exact) mass is 606 g/mol. The van der Waals surface area contributed by atoms with Crippen molar-refractivity contribution in [2.75, 3.05) is 6.26 Å². The van der Waals surface area contributed by atoms with E-state index in [1.807, 2.05) is 42.5 Å². The predicted octanol–water partition coefficient (Wildman–Crippen LogP) is 8.70. The van der Waals surface area contributed by atoms with Crippen LogP contribution in [0.3, 0.4) is 0 Å². The first-order valence-electron chi connectivity index (χ1n) is 11.8. The van der Waals surface area contributed by atoms with Crippen molar-refractivity contribution in [2.45, 2.75) is 10.5 Å². The molecule has 6 rings (SSSR count). The van der Waals surface area contributed by atoms with Crippen molar-refractivity contribution in [3.8, 4) is 23.0 Å². The highest BCUT2D eigenvalue weighted by atomic mass is 33.1. The van der Waals surface area contributed by atoms with Gasteiger partial charge in [0.05, 0.1) is 5.56 Å². The molecule has 1 atom stereocenters. The van der Waals surface area contributed by atoms with Crippen molar-refractivity contribution in [3.63, 3.8) is 0 Å². The fraction of sp³-hybridized carbons (Fsp3) is 0.0690. The molecule has 0 amide bonds. The predicted molar refractivity (Wildman–Crippen MR) is 158 cm³/mol. The largest absolute Gasteiger partial charge is 0.456 e. The molecule has 2 heterocycles. The molecule has 1 spiro atoms. The maximum atomic E-state index is 13.0. The van der Waals surface area contributed by atoms with Crippen molar-refractivity contribution in [1.82, 2.24) is 0 Å². The quantitative estimate of drug-likeness (QED) is 0.161. The molecule has 200 valence electrons. The van der Waals surface area contributed by atoms with Gasteiger partial charge >= 0.3 is 16.6 Å². The Morgan fingerprint density at radius 2 is 1.32 bits per heavy atom. The molecule has 7 nitrogen and oxygen atoms in total. The molecule has 1 unspecified atom stereocenters. The van der Waals surface area contributed by atoms with E-state index in [1.54, 1.807) is 54.8 Å². The maximum absolute atomic E-state index is 13.0. The summed E-state index contributed by atoms with van der Waals surface area (Å²) >= 11 is 0. The zero-order chi connectivity index (χ0) is 27.7. The smallest absolute Gasteiger partial charge is 0.383 e. The average molecular weight is 607 g/mol. The first kappa shape index (κ1) is 26.7. The molecule has 0 aromatic heterocycles. The summed E-state index contributed by atoms with van der Waals surface area (Å²) in [6.45, 7) is 0. The van der Waals surface area contributed by atoms with Gasteiger partial charge in [0.25, 0.3) is 0 Å². The lowest BCUT2D eigenvalue weighted by atomic mass is 9.77. The number of carbonyl (C=O) groups excluding carboxylic acids is 3. The Kier molecular flexibility index (Phi) is 7.45. The van der Waals surface area contributed by atoms with Gasteiger partial charge in [0.15, 0.2) is 5.60 Å². The van der Waals surface area contributed by atoms with Crippen LogP contribution in [0.1, 0.15) is 27.0 Å². The molecule has 40 heavy (non-hydrogen) atoms. The molecule has 0 fully saturated rings. The number of esters is 1. The van der Waals surface area contributed by atoms with E-state index in [4.69, 9.17) is 18.9 Å². The van der Waals surface area contributed by atoms with Gasteiger partial charge in [-0.2, -0.15) is 0 Å². The minimum Gasteiger partial charge on any atom is -0.456 e. The Balaban J connectivity index is 1.36. The fourth-order valence-electron chi connectivity index (χ4n) is 4.62. The Morgan fingerprint density at radius 3 is 1.98 bits per heavy atom. The molecule has 4 aromatic carbocycles. The van der Waals surface area contributed by atoms with Gasteiger partial charge in [0.1, 0.15) is 23.0 Å². The Bertz CT molecular complexity index is 1640. The number of benzene rings is 4. The van der Waals surface area contributed by atoms with Gasteiger partial charge in [0, 0.05) is 55.3 Å². The average Bonchev–Trinajstić information content (AvgIpc) is 3.25. The molecule has 11 heteroatoms. The zero-order valence-electron chi connectivity index (χ0n) is 20.7. The SMILES string of the molecule is CSSC(=O)Oc1ccc2c(c1)Oc1cc(OC(=O)SSc3ccccc3)ccc1C21OC(=O)c2ccccc21. The minimum absolute atomic E-state index is 0.264. The van der Waals surface area contributed by atoms with E-state index in [9.17, 15) is 14.4 Å². The van der Waals surface area contributed by atoms with Crippen LogP contribution in [0.5, 0.6) is 23.0 Å². The molecular weight excluding hydrogens is 589 g/mol. The molecule has 2 aliphatic rings. The van der Waals surface area contributed by atoms with E-state index in [2.05, 4.69) is 0 Å². The van der Waals surface area contributed by atoms with Crippen LogP contribution in [0.2, 0.25) is 0 Å². The summed E-state index contributed by atoms with van der Waals surface area (Å²) in [5.74, 6) is 0.753. The van der Waals surface area contributed by atoms with E-state index < -0.39 is 22.2 Å². The molecule has 0 aliphatic carbocycles. The second-order valence-electron chi connectivity index (χ2n) is 8.47. The van der Waals surface area contributed by atoms with E-state index in [1.165, 1.54) is 21.6 Å². The highest BCUT2D eigenvalue weighted by molar-refractivity contribution is 8.82. The van der Waals surface area contributed by atoms with Crippen LogP contribution in [0.4, 0.5) is 9.59 Å². The van der Waals surface area contributed by atoms with Gasteiger partial charge in [-0.15, -0.1) is 0 Å². The van der Waals surface area contributed by atoms with Crippen molar-refractivity contribution >= 4 is 59.7 Å². The van der Waals surface area contributed by atoms with Gasteiger partial charge in [-0.05, 0) is 59.5 Å². The van der Waals surface area contributed by atoms with Crippen molar-refractivity contribution in [3.05, 3.63) is 113 Å². The van der Waals surface area contributed by atoms with Crippen LogP contribution >= 0.6 is 43.2 Å². The summed E-state index contributed by atoms with van der Waals surface area (Å²) in [5, 5.41) is -0.978. The third-order valence-corrected chi connectivity index (χ3v) is 9.46. The molecular formula is C29H18O7S4. The van der Waals surface area contributed by atoms with Crippen LogP contribution in [0.25, 0.3) is 0 Å². The van der Waals surface area contributed by atoms with Crippen LogP contribution in [-0.4, -0.2) is 22.8 Å². The summed E-state index contributed by atoms with van der Waals surface area (Å²) in [4.78, 5) is 38.6. The molecule has 0 saturated heterocycles. The van der Waals surface area contributed by atoms with Crippen LogP contribution in [0, 0.1) is 0 Å². The number of carbonyl (C=O) groups is 3. The summed E-state index contributed by atoms with van der Waals surface area (Å²) in [5.41, 5.74) is 0.960. The van der Waals surface area contributed by atoms with Crippen LogP contribution in [-0.2, 0) is 10.3 Å². The highest BCUT2D eigenvalue weighted by Gasteiger charge is 2.53. The molecule has 4 aromatic rings. The van der Waals surface area contributed by atoms with Crippen molar-refractivity contribution in [1.29, 1.82) is 0 Å². The lowest BCUT2D eigenvalue weighted by Crippen LogP contribution is -2.33. The normalized spacial score (nSPS) is 16.3. The molecule has 2 aliphatic heterocycles. The molecule has 0 radical (unpaired) electrons. The van der Waals surface area contributed by atoms with Gasteiger partial charge in [-0.1, -0.05) is 47.2 Å². The number of ether oxygens (including phenoxy) is 4. The van der Waals surface area contributed by atoms with Crippen molar-refractivity contribution < 1.29 is 33.3 Å². The third-order valence-electron chi connectivity index (χ3n) is 6.16. The van der Waals surface area contributed by atoms with Gasteiger partial charge in [-0.25, -0.2) is 14.4 Å². The van der Waals surface area contributed by atoms with E-state index in [0.29, 0.717) is 33.8 Å². The van der Waals surface area contributed by atoms with Crippen LogP contribution < -0.4 is 14.2 Å². The molecule has 0 saturated carbocycles. The van der Waals surface area contributed by atoms with E-state index in [0.717, 1.165) is 26.5 Å². The molecule has 0 N–H and O–H groups in total. The first-order valence-corrected chi connectivity index (χ1v) is 16.5. The summed E-state index contributed by atoms with van der Waals surface area (Å²) in [6.07, 6.45) is 1.78. The van der Waals surface area contributed by atoms with Gasteiger partial charge < -0.3 is 18.9 Å². The summed E-state index contributed by atoms with van der Waals surface area (Å²) < 4.78 is 23.4. The first-order chi connectivity index (χ1) is 19.5. The molecule has 0 bridgehead atoms. The Labute approximate surface area is 245 Å². The number of rotatable bonds is 5. The summed E-state index contributed by atoms with van der Waals surface area (Å²) in [6, 6.07) is 26.6. The number of hydrogen-bond donors (Lipinski definition) is 0. The van der Waals surface area contributed by atoms with Gasteiger partial charge in [0.2, 0.25) is 0 Å².